The molecule has 0 aromatic heterocycles. The Bertz CT molecular complexity index is 1070. The molecule has 5 heteroatoms. The first-order valence-electron chi connectivity index (χ1n) is 9.55. The summed E-state index contributed by atoms with van der Waals surface area (Å²) in [6.07, 6.45) is 6.80. The SMILES string of the molecule is CN1C(=O)C([Si](C)(C)c2ccccc2)=C(c2ccc(Cl)cc2)C12C=CC(=O)C=C2. The van der Waals surface area contributed by atoms with Crippen LogP contribution < -0.4 is 5.19 Å². The second-order valence-electron chi connectivity index (χ2n) is 8.01. The third-order valence-electron chi connectivity index (χ3n) is 5.98. The molecular weight excluding hydrogens is 398 g/mol. The summed E-state index contributed by atoms with van der Waals surface area (Å²) < 4.78 is 0. The summed E-state index contributed by atoms with van der Waals surface area (Å²) in [6, 6.07) is 17.8. The Balaban J connectivity index is 2.04. The molecule has 146 valence electrons. The van der Waals surface area contributed by atoms with Gasteiger partial charge >= 0.3 is 0 Å². The largest absolute Gasteiger partial charge is 0.325 e. The van der Waals surface area contributed by atoms with E-state index in [1.165, 1.54) is 5.19 Å². The van der Waals surface area contributed by atoms with Crippen molar-refractivity contribution in [3.8, 4) is 0 Å². The van der Waals surface area contributed by atoms with Gasteiger partial charge in [-0.15, -0.1) is 0 Å². The van der Waals surface area contributed by atoms with Crippen LogP contribution >= 0.6 is 11.6 Å². The van der Waals surface area contributed by atoms with Gasteiger partial charge in [0.25, 0.3) is 0 Å². The third kappa shape index (κ3) is 3.03. The number of hydrogen-bond acceptors (Lipinski definition) is 2. The summed E-state index contributed by atoms with van der Waals surface area (Å²) in [4.78, 5) is 27.3. The summed E-state index contributed by atoms with van der Waals surface area (Å²) in [7, 11) is -0.524. The fourth-order valence-electron chi connectivity index (χ4n) is 4.30. The fourth-order valence-corrected chi connectivity index (χ4v) is 7.41. The Kier molecular flexibility index (Phi) is 4.72. The second kappa shape index (κ2) is 6.97. The fraction of sp³-hybridized carbons (Fsp3) is 0.167. The molecular formula is C24H22ClNO2Si. The van der Waals surface area contributed by atoms with E-state index in [4.69, 9.17) is 11.6 Å². The maximum absolute atomic E-state index is 13.7. The number of carbonyl (C=O) groups excluding carboxylic acids is 2. The van der Waals surface area contributed by atoms with E-state index in [9.17, 15) is 9.59 Å². The molecule has 0 bridgehead atoms. The first-order chi connectivity index (χ1) is 13.8. The van der Waals surface area contributed by atoms with E-state index < -0.39 is 13.6 Å². The molecule has 2 aliphatic rings. The molecule has 3 nitrogen and oxygen atoms in total. The van der Waals surface area contributed by atoms with E-state index in [1.54, 1.807) is 17.1 Å². The lowest BCUT2D eigenvalue weighted by Crippen LogP contribution is -2.48. The smallest absolute Gasteiger partial charge is 0.247 e. The number of halogens is 1. The van der Waals surface area contributed by atoms with Gasteiger partial charge in [-0.05, 0) is 47.6 Å². The summed E-state index contributed by atoms with van der Waals surface area (Å²) in [5.41, 5.74) is 1.12. The summed E-state index contributed by atoms with van der Waals surface area (Å²) >= 11 is 6.14. The van der Waals surface area contributed by atoms with Gasteiger partial charge in [0.05, 0.1) is 0 Å². The number of nitrogens with zero attached hydrogens (tertiary/aromatic N) is 1. The molecule has 29 heavy (non-hydrogen) atoms. The Morgan fingerprint density at radius 1 is 0.897 bits per heavy atom. The molecule has 2 aromatic carbocycles. The molecule has 0 unspecified atom stereocenters. The zero-order chi connectivity index (χ0) is 20.8. The lowest BCUT2D eigenvalue weighted by atomic mass is 9.82. The zero-order valence-electron chi connectivity index (χ0n) is 16.6. The quantitative estimate of drug-likeness (QED) is 0.700. The molecule has 0 saturated heterocycles. The van der Waals surface area contributed by atoms with Gasteiger partial charge in [0, 0.05) is 17.3 Å². The van der Waals surface area contributed by atoms with Gasteiger partial charge in [0.15, 0.2) is 5.78 Å². The molecule has 1 amide bonds. The van der Waals surface area contributed by atoms with Crippen LogP contribution in [0.25, 0.3) is 5.57 Å². The van der Waals surface area contributed by atoms with Gasteiger partial charge in [-0.1, -0.05) is 72.3 Å². The monoisotopic (exact) mass is 419 g/mol. The van der Waals surface area contributed by atoms with Gasteiger partial charge in [0.2, 0.25) is 5.91 Å². The van der Waals surface area contributed by atoms with E-state index in [1.807, 2.05) is 61.7 Å². The number of amides is 1. The van der Waals surface area contributed by atoms with Crippen LogP contribution in [0.3, 0.4) is 0 Å². The Morgan fingerprint density at radius 3 is 2.07 bits per heavy atom. The van der Waals surface area contributed by atoms with Crippen molar-refractivity contribution in [3.05, 3.63) is 94.7 Å². The van der Waals surface area contributed by atoms with Crippen molar-refractivity contribution < 1.29 is 9.59 Å². The molecule has 0 fully saturated rings. The number of carbonyl (C=O) groups is 2. The molecule has 4 rings (SSSR count). The van der Waals surface area contributed by atoms with Crippen molar-refractivity contribution in [1.29, 1.82) is 0 Å². The Hall–Kier alpha value is -2.69. The van der Waals surface area contributed by atoms with E-state index in [0.29, 0.717) is 5.02 Å². The minimum Gasteiger partial charge on any atom is -0.325 e. The maximum Gasteiger partial charge on any atom is 0.247 e. The van der Waals surface area contributed by atoms with E-state index in [-0.39, 0.29) is 11.7 Å². The van der Waals surface area contributed by atoms with E-state index in [0.717, 1.165) is 16.3 Å². The highest BCUT2D eigenvalue weighted by Crippen LogP contribution is 2.47. The van der Waals surface area contributed by atoms with Crippen LogP contribution in [-0.2, 0) is 9.59 Å². The molecule has 0 radical (unpaired) electrons. The molecule has 1 aliphatic carbocycles. The summed E-state index contributed by atoms with van der Waals surface area (Å²) in [5.74, 6) is -0.0564. The van der Waals surface area contributed by atoms with Gasteiger partial charge in [-0.3, -0.25) is 9.59 Å². The van der Waals surface area contributed by atoms with Crippen molar-refractivity contribution >= 4 is 42.1 Å². The minimum atomic E-state index is -2.33. The van der Waals surface area contributed by atoms with Gasteiger partial charge < -0.3 is 4.90 Å². The molecule has 0 N–H and O–H groups in total. The van der Waals surface area contributed by atoms with Crippen LogP contribution in [-0.4, -0.2) is 37.3 Å². The lowest BCUT2D eigenvalue weighted by molar-refractivity contribution is -0.125. The molecule has 0 saturated carbocycles. The van der Waals surface area contributed by atoms with Crippen LogP contribution in [0.2, 0.25) is 18.1 Å². The van der Waals surface area contributed by atoms with Crippen LogP contribution in [0, 0.1) is 0 Å². The summed E-state index contributed by atoms with van der Waals surface area (Å²) in [6.45, 7) is 4.42. The zero-order valence-corrected chi connectivity index (χ0v) is 18.4. The van der Waals surface area contributed by atoms with E-state index >= 15 is 0 Å². The maximum atomic E-state index is 13.7. The van der Waals surface area contributed by atoms with Crippen LogP contribution in [0.5, 0.6) is 0 Å². The number of likely N-dealkylation sites (N-methyl/N-ethyl adjacent to an activating group) is 1. The molecule has 0 atom stereocenters. The average Bonchev–Trinajstić information content (AvgIpc) is 2.94. The molecule has 1 spiro atoms. The predicted molar refractivity (Wildman–Crippen MR) is 121 cm³/mol. The topological polar surface area (TPSA) is 37.4 Å². The Morgan fingerprint density at radius 2 is 1.48 bits per heavy atom. The lowest BCUT2D eigenvalue weighted by Gasteiger charge is -2.35. The third-order valence-corrected chi connectivity index (χ3v) is 9.72. The van der Waals surface area contributed by atoms with Gasteiger partial charge in [0.1, 0.15) is 13.6 Å². The summed E-state index contributed by atoms with van der Waals surface area (Å²) in [5, 5.41) is 2.70. The number of rotatable bonds is 3. The minimum absolute atomic E-state index is 0.0131. The van der Waals surface area contributed by atoms with E-state index in [2.05, 4.69) is 25.2 Å². The Labute approximate surface area is 177 Å². The second-order valence-corrected chi connectivity index (χ2v) is 12.8. The first-order valence-corrected chi connectivity index (χ1v) is 12.9. The van der Waals surface area contributed by atoms with Crippen molar-refractivity contribution in [3.63, 3.8) is 0 Å². The molecule has 1 aliphatic heterocycles. The van der Waals surface area contributed by atoms with Crippen LogP contribution in [0.4, 0.5) is 0 Å². The number of benzene rings is 2. The highest BCUT2D eigenvalue weighted by molar-refractivity contribution is 6.99. The van der Waals surface area contributed by atoms with Gasteiger partial charge in [-0.2, -0.15) is 0 Å². The van der Waals surface area contributed by atoms with Crippen molar-refractivity contribution in [2.45, 2.75) is 18.6 Å². The van der Waals surface area contributed by atoms with Gasteiger partial charge in [-0.25, -0.2) is 0 Å². The molecule has 1 heterocycles. The van der Waals surface area contributed by atoms with Crippen molar-refractivity contribution in [2.24, 2.45) is 0 Å². The van der Waals surface area contributed by atoms with Crippen LogP contribution in [0.1, 0.15) is 5.56 Å². The normalized spacial score (nSPS) is 18.3. The highest BCUT2D eigenvalue weighted by Gasteiger charge is 2.52. The highest BCUT2D eigenvalue weighted by atomic mass is 35.5. The predicted octanol–water partition coefficient (Wildman–Crippen LogP) is 4.15. The number of ketones is 1. The number of allylic oxidation sites excluding steroid dienone is 2. The standard InChI is InChI=1S/C24H22ClNO2Si/c1-26-23(28)22(29(2,3)20-7-5-4-6-8-20)21(17-9-11-18(25)12-10-17)24(26)15-13-19(27)14-16-24/h4-16H,1-3H3. The van der Waals surface area contributed by atoms with Crippen LogP contribution in [0.15, 0.2) is 84.1 Å². The number of hydrogen-bond donors (Lipinski definition) is 0. The van der Waals surface area contributed by atoms with Crippen molar-refractivity contribution in [1.82, 2.24) is 4.90 Å². The molecule has 2 aromatic rings. The average molecular weight is 420 g/mol. The van der Waals surface area contributed by atoms with Crippen molar-refractivity contribution in [2.75, 3.05) is 7.05 Å². The first kappa shape index (κ1) is 19.6.